The topological polar surface area (TPSA) is 99.1 Å². The van der Waals surface area contributed by atoms with Crippen LogP contribution in [0.25, 0.3) is 21.9 Å². The van der Waals surface area contributed by atoms with E-state index < -0.39 is 12.0 Å². The SMILES string of the molecule is COc1cc2c(cc1NC(=O)C(C)O/N=C(\N)c1ccccc1)oc1ccccc12. The number of anilines is 1. The van der Waals surface area contributed by atoms with E-state index in [0.717, 1.165) is 16.4 Å². The van der Waals surface area contributed by atoms with Crippen LogP contribution in [0.1, 0.15) is 12.5 Å². The van der Waals surface area contributed by atoms with Gasteiger partial charge >= 0.3 is 0 Å². The molecule has 152 valence electrons. The number of furan rings is 1. The number of ether oxygens (including phenoxy) is 1. The number of hydrogen-bond acceptors (Lipinski definition) is 5. The number of carbonyl (C=O) groups excluding carboxylic acids is 1. The van der Waals surface area contributed by atoms with E-state index in [2.05, 4.69) is 10.5 Å². The van der Waals surface area contributed by atoms with Gasteiger partial charge in [0.2, 0.25) is 6.10 Å². The summed E-state index contributed by atoms with van der Waals surface area (Å²) in [5.41, 5.74) is 8.50. The molecule has 1 unspecified atom stereocenters. The van der Waals surface area contributed by atoms with Crippen molar-refractivity contribution in [3.8, 4) is 5.75 Å². The Hall–Kier alpha value is -4.00. The smallest absolute Gasteiger partial charge is 0.268 e. The van der Waals surface area contributed by atoms with E-state index in [1.165, 1.54) is 0 Å². The molecule has 0 radical (unpaired) electrons. The third kappa shape index (κ3) is 3.77. The molecule has 1 atom stereocenters. The van der Waals surface area contributed by atoms with Gasteiger partial charge in [0.25, 0.3) is 5.91 Å². The molecule has 1 heterocycles. The number of para-hydroxylation sites is 1. The second-order valence-corrected chi connectivity index (χ2v) is 6.73. The number of amidine groups is 1. The molecule has 3 N–H and O–H groups in total. The number of fused-ring (bicyclic) bond motifs is 3. The maximum atomic E-state index is 12.6. The van der Waals surface area contributed by atoms with Gasteiger partial charge in [-0.2, -0.15) is 0 Å². The lowest BCUT2D eigenvalue weighted by Crippen LogP contribution is -2.27. The quantitative estimate of drug-likeness (QED) is 0.285. The van der Waals surface area contributed by atoms with Crippen molar-refractivity contribution in [2.75, 3.05) is 12.4 Å². The maximum Gasteiger partial charge on any atom is 0.268 e. The van der Waals surface area contributed by atoms with E-state index in [4.69, 9.17) is 19.7 Å². The van der Waals surface area contributed by atoms with Crippen LogP contribution < -0.4 is 15.8 Å². The minimum atomic E-state index is -0.872. The van der Waals surface area contributed by atoms with E-state index in [1.807, 2.05) is 48.5 Å². The van der Waals surface area contributed by atoms with Crippen molar-refractivity contribution in [3.63, 3.8) is 0 Å². The predicted octanol–water partition coefficient (Wildman–Crippen LogP) is 4.26. The van der Waals surface area contributed by atoms with Crippen molar-refractivity contribution >= 4 is 39.4 Å². The van der Waals surface area contributed by atoms with Gasteiger partial charge in [0.1, 0.15) is 16.9 Å². The van der Waals surface area contributed by atoms with Crippen LogP contribution in [0.2, 0.25) is 0 Å². The lowest BCUT2D eigenvalue weighted by atomic mass is 10.1. The molecular formula is C23H21N3O4. The summed E-state index contributed by atoms with van der Waals surface area (Å²) in [5, 5.41) is 8.55. The summed E-state index contributed by atoms with van der Waals surface area (Å²) in [6, 6.07) is 20.5. The molecule has 4 rings (SSSR count). The number of oxime groups is 1. The van der Waals surface area contributed by atoms with Gasteiger partial charge in [0, 0.05) is 22.4 Å². The zero-order valence-corrected chi connectivity index (χ0v) is 16.6. The minimum Gasteiger partial charge on any atom is -0.495 e. The Balaban J connectivity index is 1.54. The van der Waals surface area contributed by atoms with Crippen LogP contribution in [0.5, 0.6) is 5.75 Å². The number of hydrogen-bond donors (Lipinski definition) is 2. The fourth-order valence-electron chi connectivity index (χ4n) is 3.10. The summed E-state index contributed by atoms with van der Waals surface area (Å²) in [5.74, 6) is 0.312. The van der Waals surface area contributed by atoms with Crippen molar-refractivity contribution in [3.05, 3.63) is 72.3 Å². The van der Waals surface area contributed by atoms with Gasteiger partial charge in [-0.15, -0.1) is 0 Å². The lowest BCUT2D eigenvalue weighted by Gasteiger charge is -2.13. The van der Waals surface area contributed by atoms with Crippen LogP contribution in [0, 0.1) is 0 Å². The molecule has 1 amide bonds. The monoisotopic (exact) mass is 403 g/mol. The Labute approximate surface area is 173 Å². The van der Waals surface area contributed by atoms with Crippen LogP contribution in [-0.2, 0) is 9.63 Å². The first-order valence-electron chi connectivity index (χ1n) is 9.41. The highest BCUT2D eigenvalue weighted by Gasteiger charge is 2.19. The molecule has 3 aromatic carbocycles. The van der Waals surface area contributed by atoms with Crippen molar-refractivity contribution < 1.29 is 18.8 Å². The molecular weight excluding hydrogens is 382 g/mol. The summed E-state index contributed by atoms with van der Waals surface area (Å²) >= 11 is 0. The summed E-state index contributed by atoms with van der Waals surface area (Å²) in [4.78, 5) is 17.9. The molecule has 0 fully saturated rings. The van der Waals surface area contributed by atoms with Gasteiger partial charge in [-0.25, -0.2) is 0 Å². The summed E-state index contributed by atoms with van der Waals surface area (Å²) in [7, 11) is 1.55. The Kier molecular flexibility index (Phi) is 5.26. The average Bonchev–Trinajstić information content (AvgIpc) is 3.14. The van der Waals surface area contributed by atoms with Crippen LogP contribution in [0.4, 0.5) is 5.69 Å². The third-order valence-electron chi connectivity index (χ3n) is 4.70. The molecule has 0 spiro atoms. The zero-order chi connectivity index (χ0) is 21.1. The first-order valence-corrected chi connectivity index (χ1v) is 9.41. The summed E-state index contributed by atoms with van der Waals surface area (Å²) in [6.07, 6.45) is -0.872. The van der Waals surface area contributed by atoms with Gasteiger partial charge in [-0.05, 0) is 19.1 Å². The number of nitrogens with two attached hydrogens (primary N) is 1. The van der Waals surface area contributed by atoms with Gasteiger partial charge in [0.05, 0.1) is 12.8 Å². The molecule has 0 aliphatic rings. The predicted molar refractivity (Wildman–Crippen MR) is 117 cm³/mol. The number of methoxy groups -OCH3 is 1. The first kappa shape index (κ1) is 19.3. The van der Waals surface area contributed by atoms with E-state index in [9.17, 15) is 4.79 Å². The number of rotatable bonds is 6. The molecule has 0 aliphatic heterocycles. The largest absolute Gasteiger partial charge is 0.495 e. The fraction of sp³-hybridized carbons (Fsp3) is 0.130. The average molecular weight is 403 g/mol. The summed E-state index contributed by atoms with van der Waals surface area (Å²) in [6.45, 7) is 1.59. The Morgan fingerprint density at radius 2 is 1.77 bits per heavy atom. The van der Waals surface area contributed by atoms with Crippen molar-refractivity contribution in [1.82, 2.24) is 0 Å². The van der Waals surface area contributed by atoms with Crippen molar-refractivity contribution in [1.29, 1.82) is 0 Å². The molecule has 30 heavy (non-hydrogen) atoms. The number of nitrogens with one attached hydrogen (secondary N) is 1. The molecule has 4 aromatic rings. The molecule has 7 nitrogen and oxygen atoms in total. The standard InChI is InChI=1S/C23H21N3O4/c1-14(30-26-22(24)15-8-4-3-5-9-15)23(27)25-18-13-20-17(12-21(18)28-2)16-10-6-7-11-19(16)29-20/h3-14H,1-2H3,(H2,24,26)(H,25,27). The molecule has 0 saturated heterocycles. The molecule has 0 aliphatic carbocycles. The van der Waals surface area contributed by atoms with E-state index in [0.29, 0.717) is 22.6 Å². The van der Waals surface area contributed by atoms with Crippen LogP contribution >= 0.6 is 0 Å². The Bertz CT molecular complexity index is 1230. The van der Waals surface area contributed by atoms with Crippen LogP contribution in [0.15, 0.2) is 76.3 Å². The van der Waals surface area contributed by atoms with Gasteiger partial charge in [-0.3, -0.25) is 4.79 Å². The van der Waals surface area contributed by atoms with Crippen LogP contribution in [-0.4, -0.2) is 25.0 Å². The van der Waals surface area contributed by atoms with Gasteiger partial charge < -0.3 is 25.0 Å². The third-order valence-corrected chi connectivity index (χ3v) is 4.70. The molecule has 0 saturated carbocycles. The zero-order valence-electron chi connectivity index (χ0n) is 16.6. The van der Waals surface area contributed by atoms with Crippen molar-refractivity contribution in [2.24, 2.45) is 10.9 Å². The lowest BCUT2D eigenvalue weighted by molar-refractivity contribution is -0.126. The minimum absolute atomic E-state index is 0.191. The summed E-state index contributed by atoms with van der Waals surface area (Å²) < 4.78 is 11.3. The highest BCUT2D eigenvalue weighted by Crippen LogP contribution is 2.36. The normalized spacial score (nSPS) is 12.7. The van der Waals surface area contributed by atoms with E-state index >= 15 is 0 Å². The number of amides is 1. The molecule has 7 heteroatoms. The highest BCUT2D eigenvalue weighted by molar-refractivity contribution is 6.08. The Morgan fingerprint density at radius 1 is 1.03 bits per heavy atom. The van der Waals surface area contributed by atoms with Crippen LogP contribution in [0.3, 0.4) is 0 Å². The molecule has 0 bridgehead atoms. The Morgan fingerprint density at radius 3 is 2.53 bits per heavy atom. The maximum absolute atomic E-state index is 12.6. The second kappa shape index (κ2) is 8.16. The van der Waals surface area contributed by atoms with E-state index in [-0.39, 0.29) is 5.84 Å². The van der Waals surface area contributed by atoms with E-state index in [1.54, 1.807) is 32.2 Å². The number of nitrogens with zero attached hydrogens (tertiary/aromatic N) is 1. The highest BCUT2D eigenvalue weighted by atomic mass is 16.6. The van der Waals surface area contributed by atoms with Gasteiger partial charge in [0.15, 0.2) is 5.84 Å². The number of benzene rings is 3. The number of carbonyl (C=O) groups is 1. The second-order valence-electron chi connectivity index (χ2n) is 6.73. The van der Waals surface area contributed by atoms with Crippen molar-refractivity contribution in [2.45, 2.75) is 13.0 Å². The van der Waals surface area contributed by atoms with Gasteiger partial charge in [-0.1, -0.05) is 53.7 Å². The molecule has 1 aromatic heterocycles. The fourth-order valence-corrected chi connectivity index (χ4v) is 3.10. The first-order chi connectivity index (χ1) is 14.6.